The molecule has 1 aliphatic carbocycles. The Hall–Kier alpha value is -1.80. The molecule has 1 aliphatic heterocycles. The van der Waals surface area contributed by atoms with Crippen molar-refractivity contribution in [3.63, 3.8) is 0 Å². The van der Waals surface area contributed by atoms with E-state index >= 15 is 0 Å². The number of hydrogen-bond donors (Lipinski definition) is 3. The van der Waals surface area contributed by atoms with Gasteiger partial charge >= 0.3 is 0 Å². The molecule has 1 aromatic carbocycles. The van der Waals surface area contributed by atoms with Gasteiger partial charge in [-0.3, -0.25) is 4.99 Å². The topological polar surface area (TPSA) is 91.8 Å². The number of benzene rings is 1. The summed E-state index contributed by atoms with van der Waals surface area (Å²) in [7, 11) is -3.28. The molecule has 1 fully saturated rings. The number of aliphatic imine (C=N–C) groups is 1. The van der Waals surface area contributed by atoms with Crippen molar-refractivity contribution >= 4 is 16.0 Å². The van der Waals surface area contributed by atoms with Crippen LogP contribution in [-0.4, -0.2) is 46.4 Å². The lowest BCUT2D eigenvalue weighted by atomic mass is 9.86. The van der Waals surface area contributed by atoms with Crippen LogP contribution < -0.4 is 20.1 Å². The molecule has 1 unspecified atom stereocenters. The molecule has 1 atom stereocenters. The maximum Gasteiger partial charge on any atom is 0.213 e. The number of rotatable bonds is 8. The van der Waals surface area contributed by atoms with Crippen molar-refractivity contribution in [2.24, 2.45) is 10.9 Å². The molecule has 1 saturated carbocycles. The average Bonchev–Trinajstić information content (AvgIpc) is 2.60. The molecule has 27 heavy (non-hydrogen) atoms. The van der Waals surface area contributed by atoms with Gasteiger partial charge in [0.25, 0.3) is 0 Å². The highest BCUT2D eigenvalue weighted by atomic mass is 32.2. The lowest BCUT2D eigenvalue weighted by Crippen LogP contribution is -2.41. The summed E-state index contributed by atoms with van der Waals surface area (Å²) in [6.07, 6.45) is 4.30. The van der Waals surface area contributed by atoms with Gasteiger partial charge in [0.2, 0.25) is 10.0 Å². The third-order valence-electron chi connectivity index (χ3n) is 5.06. The molecule has 1 heterocycles. The Kier molecular flexibility index (Phi) is 6.95. The molecular formula is C19H30N4O3S. The van der Waals surface area contributed by atoms with Crippen LogP contribution in [-0.2, 0) is 10.0 Å². The van der Waals surface area contributed by atoms with Crippen LogP contribution >= 0.6 is 0 Å². The summed E-state index contributed by atoms with van der Waals surface area (Å²) >= 11 is 0. The van der Waals surface area contributed by atoms with Gasteiger partial charge in [0.15, 0.2) is 5.96 Å². The van der Waals surface area contributed by atoms with Crippen LogP contribution in [0.1, 0.15) is 44.2 Å². The molecule has 8 heteroatoms. The van der Waals surface area contributed by atoms with Crippen LogP contribution in [0.5, 0.6) is 5.75 Å². The normalized spacial score (nSPS) is 20.3. The lowest BCUT2D eigenvalue weighted by molar-refractivity contribution is 0.261. The van der Waals surface area contributed by atoms with Gasteiger partial charge in [-0.15, -0.1) is 0 Å². The van der Waals surface area contributed by atoms with Crippen LogP contribution in [0.15, 0.2) is 29.3 Å². The number of nitrogens with one attached hydrogen (secondary N) is 3. The van der Waals surface area contributed by atoms with Crippen LogP contribution in [0.2, 0.25) is 0 Å². The highest BCUT2D eigenvalue weighted by Crippen LogP contribution is 2.31. The minimum atomic E-state index is -3.28. The summed E-state index contributed by atoms with van der Waals surface area (Å²) in [5.74, 6) is 2.03. The van der Waals surface area contributed by atoms with Crippen molar-refractivity contribution in [3.05, 3.63) is 29.8 Å². The summed E-state index contributed by atoms with van der Waals surface area (Å²) in [5, 5.41) is 6.61. The van der Waals surface area contributed by atoms with Crippen LogP contribution in [0.4, 0.5) is 0 Å². The fourth-order valence-corrected chi connectivity index (χ4v) is 4.23. The Labute approximate surface area is 162 Å². The van der Waals surface area contributed by atoms with Crippen LogP contribution in [0.25, 0.3) is 0 Å². The quantitative estimate of drug-likeness (QED) is 0.462. The van der Waals surface area contributed by atoms with Gasteiger partial charge < -0.3 is 15.4 Å². The van der Waals surface area contributed by atoms with E-state index in [1.54, 1.807) is 0 Å². The molecule has 0 aromatic heterocycles. The SMILES string of the molecule is CCNC(=NCCS(=O)(=O)NCC1CCC1)NC1CCOc2ccccc21. The van der Waals surface area contributed by atoms with Gasteiger partial charge in [0.05, 0.1) is 24.9 Å². The Morgan fingerprint density at radius 1 is 1.26 bits per heavy atom. The van der Waals surface area contributed by atoms with Crippen molar-refractivity contribution < 1.29 is 13.2 Å². The van der Waals surface area contributed by atoms with E-state index < -0.39 is 10.0 Å². The van der Waals surface area contributed by atoms with E-state index in [0.717, 1.165) is 30.6 Å². The van der Waals surface area contributed by atoms with Gasteiger partial charge in [-0.1, -0.05) is 24.6 Å². The van der Waals surface area contributed by atoms with Gasteiger partial charge in [0, 0.05) is 25.1 Å². The Bertz CT molecular complexity index is 747. The molecule has 0 bridgehead atoms. The average molecular weight is 395 g/mol. The highest BCUT2D eigenvalue weighted by molar-refractivity contribution is 7.89. The Balaban J connectivity index is 1.55. The van der Waals surface area contributed by atoms with E-state index in [1.807, 2.05) is 31.2 Å². The fraction of sp³-hybridized carbons (Fsp3) is 0.632. The summed E-state index contributed by atoms with van der Waals surface area (Å²) in [6.45, 7) is 4.13. The van der Waals surface area contributed by atoms with E-state index in [2.05, 4.69) is 20.3 Å². The molecule has 2 aliphatic rings. The third-order valence-corrected chi connectivity index (χ3v) is 6.39. The summed E-state index contributed by atoms with van der Waals surface area (Å²) in [5.41, 5.74) is 1.10. The van der Waals surface area contributed by atoms with Crippen molar-refractivity contribution in [3.8, 4) is 5.75 Å². The van der Waals surface area contributed by atoms with E-state index in [0.29, 0.717) is 31.6 Å². The van der Waals surface area contributed by atoms with Crippen molar-refractivity contribution in [2.75, 3.05) is 32.0 Å². The lowest BCUT2D eigenvalue weighted by Gasteiger charge is -2.28. The fourth-order valence-electron chi connectivity index (χ4n) is 3.27. The van der Waals surface area contributed by atoms with Gasteiger partial charge in [-0.2, -0.15) is 0 Å². The molecule has 3 rings (SSSR count). The second kappa shape index (κ2) is 9.41. The first-order chi connectivity index (χ1) is 13.1. The number of sulfonamides is 1. The number of nitrogens with zero attached hydrogens (tertiary/aromatic N) is 1. The molecule has 0 saturated heterocycles. The van der Waals surface area contributed by atoms with Crippen molar-refractivity contribution in [2.45, 2.75) is 38.6 Å². The van der Waals surface area contributed by atoms with E-state index in [9.17, 15) is 8.42 Å². The Morgan fingerprint density at radius 3 is 2.81 bits per heavy atom. The molecule has 0 amide bonds. The first-order valence-corrected chi connectivity index (χ1v) is 11.5. The zero-order valence-electron chi connectivity index (χ0n) is 15.9. The molecule has 0 radical (unpaired) electrons. The zero-order chi connectivity index (χ0) is 19.1. The molecule has 1 aromatic rings. The van der Waals surface area contributed by atoms with Gasteiger partial charge in [-0.25, -0.2) is 13.1 Å². The highest BCUT2D eigenvalue weighted by Gasteiger charge is 2.22. The monoisotopic (exact) mass is 394 g/mol. The second-order valence-corrected chi connectivity index (χ2v) is 9.02. The number of para-hydroxylation sites is 1. The smallest absolute Gasteiger partial charge is 0.213 e. The predicted molar refractivity (Wildman–Crippen MR) is 108 cm³/mol. The number of hydrogen-bond acceptors (Lipinski definition) is 4. The minimum Gasteiger partial charge on any atom is -0.493 e. The van der Waals surface area contributed by atoms with Crippen LogP contribution in [0.3, 0.4) is 0 Å². The molecular weight excluding hydrogens is 364 g/mol. The number of ether oxygens (including phenoxy) is 1. The third kappa shape index (κ3) is 5.84. The number of guanidine groups is 1. The Morgan fingerprint density at radius 2 is 2.07 bits per heavy atom. The first kappa shape index (κ1) is 19.9. The van der Waals surface area contributed by atoms with Gasteiger partial charge in [0.1, 0.15) is 5.75 Å². The second-order valence-electron chi connectivity index (χ2n) is 7.10. The minimum absolute atomic E-state index is 0.000654. The van der Waals surface area contributed by atoms with E-state index in [-0.39, 0.29) is 18.3 Å². The maximum absolute atomic E-state index is 12.1. The molecule has 7 nitrogen and oxygen atoms in total. The summed E-state index contributed by atoms with van der Waals surface area (Å²) in [4.78, 5) is 4.46. The summed E-state index contributed by atoms with van der Waals surface area (Å²) < 4.78 is 32.7. The summed E-state index contributed by atoms with van der Waals surface area (Å²) in [6, 6.07) is 8.06. The van der Waals surface area contributed by atoms with Crippen LogP contribution in [0, 0.1) is 5.92 Å². The maximum atomic E-state index is 12.1. The standard InChI is InChI=1S/C19H30N4O3S/c1-2-20-19(21-11-13-27(24,25)22-14-15-6-5-7-15)23-17-10-12-26-18-9-4-3-8-16(17)18/h3-4,8-9,15,17,22H,2,5-7,10-14H2,1H3,(H2,20,21,23). The molecule has 150 valence electrons. The van der Waals surface area contributed by atoms with E-state index in [1.165, 1.54) is 6.42 Å². The zero-order valence-corrected chi connectivity index (χ0v) is 16.7. The largest absolute Gasteiger partial charge is 0.493 e. The van der Waals surface area contributed by atoms with E-state index in [4.69, 9.17) is 4.74 Å². The molecule has 0 spiro atoms. The first-order valence-electron chi connectivity index (χ1n) is 9.81. The predicted octanol–water partition coefficient (Wildman–Crippen LogP) is 1.78. The number of fused-ring (bicyclic) bond motifs is 1. The molecule has 3 N–H and O–H groups in total. The van der Waals surface area contributed by atoms with Gasteiger partial charge in [-0.05, 0) is 31.7 Å². The van der Waals surface area contributed by atoms with Crippen molar-refractivity contribution in [1.29, 1.82) is 0 Å². The van der Waals surface area contributed by atoms with Crippen molar-refractivity contribution in [1.82, 2.24) is 15.4 Å².